The molecule has 7 heteroatoms. The Morgan fingerprint density at radius 2 is 1.56 bits per heavy atom. The average Bonchev–Trinajstić information content (AvgIpc) is 2.31. The maximum Gasteiger partial charge on any atom is 0.345 e. The zero-order valence-corrected chi connectivity index (χ0v) is 10.0. The maximum absolute atomic E-state index is 11.1. The van der Waals surface area contributed by atoms with E-state index in [4.69, 9.17) is 15.3 Å². The van der Waals surface area contributed by atoms with Gasteiger partial charge in [0.1, 0.15) is 0 Å². The molecule has 0 heterocycles. The van der Waals surface area contributed by atoms with Crippen molar-refractivity contribution in [3.8, 4) is 0 Å². The van der Waals surface area contributed by atoms with E-state index in [0.29, 0.717) is 25.7 Å². The van der Waals surface area contributed by atoms with Crippen molar-refractivity contribution in [1.29, 1.82) is 0 Å². The standard InChI is InChI=1S/C11H18O7/c12-7-8(13)11(17)18-10(16)6-4-2-1-3-5-9(14)15/h8,12-13H,1-7H2,(H,14,15). The Morgan fingerprint density at radius 1 is 1.00 bits per heavy atom. The largest absolute Gasteiger partial charge is 0.481 e. The van der Waals surface area contributed by atoms with Crippen molar-refractivity contribution >= 4 is 17.9 Å². The van der Waals surface area contributed by atoms with E-state index in [9.17, 15) is 14.4 Å². The molecule has 0 aliphatic heterocycles. The number of ether oxygens (including phenoxy) is 1. The number of rotatable bonds is 9. The molecule has 18 heavy (non-hydrogen) atoms. The number of carboxylic acids is 1. The Morgan fingerprint density at radius 3 is 2.06 bits per heavy atom. The third kappa shape index (κ3) is 8.66. The number of carbonyl (C=O) groups is 3. The number of aliphatic hydroxyl groups is 2. The number of hydrogen-bond donors (Lipinski definition) is 3. The number of aliphatic hydroxyl groups excluding tert-OH is 2. The quantitative estimate of drug-likeness (QED) is 0.300. The second-order valence-corrected chi connectivity index (χ2v) is 3.80. The van der Waals surface area contributed by atoms with Crippen LogP contribution in [0.2, 0.25) is 0 Å². The highest BCUT2D eigenvalue weighted by Crippen LogP contribution is 2.06. The van der Waals surface area contributed by atoms with Gasteiger partial charge >= 0.3 is 17.9 Å². The van der Waals surface area contributed by atoms with Gasteiger partial charge in [0.25, 0.3) is 0 Å². The summed E-state index contributed by atoms with van der Waals surface area (Å²) in [7, 11) is 0. The molecule has 0 aliphatic rings. The molecule has 7 nitrogen and oxygen atoms in total. The van der Waals surface area contributed by atoms with Crippen molar-refractivity contribution in [2.24, 2.45) is 0 Å². The van der Waals surface area contributed by atoms with Gasteiger partial charge in [0.2, 0.25) is 0 Å². The van der Waals surface area contributed by atoms with E-state index in [-0.39, 0.29) is 12.8 Å². The summed E-state index contributed by atoms with van der Waals surface area (Å²) < 4.78 is 4.27. The predicted molar refractivity (Wildman–Crippen MR) is 59.5 cm³/mol. The number of hydrogen-bond acceptors (Lipinski definition) is 6. The number of unbranched alkanes of at least 4 members (excludes halogenated alkanes) is 3. The summed E-state index contributed by atoms with van der Waals surface area (Å²) in [5.74, 6) is -2.77. The van der Waals surface area contributed by atoms with Crippen LogP contribution < -0.4 is 0 Å². The summed E-state index contributed by atoms with van der Waals surface area (Å²) in [6.45, 7) is -0.790. The second kappa shape index (κ2) is 9.55. The Labute approximate surface area is 104 Å². The van der Waals surface area contributed by atoms with E-state index in [1.54, 1.807) is 0 Å². The molecule has 0 radical (unpaired) electrons. The third-order valence-corrected chi connectivity index (χ3v) is 2.18. The van der Waals surface area contributed by atoms with Crippen LogP contribution in [0.4, 0.5) is 0 Å². The van der Waals surface area contributed by atoms with E-state index in [0.717, 1.165) is 0 Å². The number of aliphatic carboxylic acids is 1. The summed E-state index contributed by atoms with van der Waals surface area (Å²) in [6, 6.07) is 0. The van der Waals surface area contributed by atoms with E-state index >= 15 is 0 Å². The first-order valence-electron chi connectivity index (χ1n) is 5.72. The number of esters is 2. The second-order valence-electron chi connectivity index (χ2n) is 3.80. The molecule has 0 spiro atoms. The fourth-order valence-electron chi connectivity index (χ4n) is 1.20. The smallest absolute Gasteiger partial charge is 0.345 e. The van der Waals surface area contributed by atoms with Gasteiger partial charge in [-0.1, -0.05) is 12.8 Å². The summed E-state index contributed by atoms with van der Waals surface area (Å²) >= 11 is 0. The van der Waals surface area contributed by atoms with Crippen LogP contribution in [0.15, 0.2) is 0 Å². The first kappa shape index (κ1) is 16.5. The van der Waals surface area contributed by atoms with Crippen LogP contribution >= 0.6 is 0 Å². The fourth-order valence-corrected chi connectivity index (χ4v) is 1.20. The van der Waals surface area contributed by atoms with Gasteiger partial charge in [-0.3, -0.25) is 9.59 Å². The summed E-state index contributed by atoms with van der Waals surface area (Å²) in [5, 5.41) is 25.6. The van der Waals surface area contributed by atoms with E-state index in [1.165, 1.54) is 0 Å². The summed E-state index contributed by atoms with van der Waals surface area (Å²) in [5.41, 5.74) is 0. The van der Waals surface area contributed by atoms with Crippen molar-refractivity contribution in [1.82, 2.24) is 0 Å². The molecule has 104 valence electrons. The zero-order chi connectivity index (χ0) is 14.0. The topological polar surface area (TPSA) is 121 Å². The van der Waals surface area contributed by atoms with E-state index in [1.807, 2.05) is 0 Å². The SMILES string of the molecule is O=C(O)CCCCCCC(=O)OC(=O)C(O)CO. The normalized spacial score (nSPS) is 11.9. The van der Waals surface area contributed by atoms with Crippen molar-refractivity contribution in [2.75, 3.05) is 6.61 Å². The van der Waals surface area contributed by atoms with Crippen LogP contribution in [-0.2, 0) is 19.1 Å². The maximum atomic E-state index is 11.1. The molecule has 0 bridgehead atoms. The van der Waals surface area contributed by atoms with Crippen molar-refractivity contribution in [3.05, 3.63) is 0 Å². The van der Waals surface area contributed by atoms with Gasteiger partial charge in [-0.2, -0.15) is 0 Å². The fraction of sp³-hybridized carbons (Fsp3) is 0.727. The lowest BCUT2D eigenvalue weighted by molar-refractivity contribution is -0.167. The Kier molecular flexibility index (Phi) is 8.77. The van der Waals surface area contributed by atoms with Crippen molar-refractivity contribution in [3.63, 3.8) is 0 Å². The Balaban J connectivity index is 3.54. The summed E-state index contributed by atoms with van der Waals surface area (Å²) in [6.07, 6.45) is 0.826. The molecule has 0 aromatic rings. The van der Waals surface area contributed by atoms with Gasteiger partial charge in [0.15, 0.2) is 6.10 Å². The molecule has 1 unspecified atom stereocenters. The molecule has 0 amide bonds. The molecule has 0 saturated heterocycles. The molecule has 0 rings (SSSR count). The number of carbonyl (C=O) groups excluding carboxylic acids is 2. The van der Waals surface area contributed by atoms with Gasteiger partial charge < -0.3 is 20.1 Å². The lowest BCUT2D eigenvalue weighted by Gasteiger charge is -2.06. The van der Waals surface area contributed by atoms with Gasteiger partial charge in [-0.15, -0.1) is 0 Å². The minimum Gasteiger partial charge on any atom is -0.481 e. The van der Waals surface area contributed by atoms with Crippen LogP contribution in [0.25, 0.3) is 0 Å². The molecular weight excluding hydrogens is 244 g/mol. The van der Waals surface area contributed by atoms with Crippen LogP contribution in [0, 0.1) is 0 Å². The van der Waals surface area contributed by atoms with E-state index in [2.05, 4.69) is 4.74 Å². The molecule has 0 aromatic heterocycles. The lowest BCUT2D eigenvalue weighted by Crippen LogP contribution is -2.28. The third-order valence-electron chi connectivity index (χ3n) is 2.18. The highest BCUT2D eigenvalue weighted by molar-refractivity contribution is 5.87. The lowest BCUT2D eigenvalue weighted by atomic mass is 10.1. The van der Waals surface area contributed by atoms with Gasteiger partial charge in [-0.25, -0.2) is 4.79 Å². The molecular formula is C11H18O7. The molecule has 1 atom stereocenters. The van der Waals surface area contributed by atoms with Crippen LogP contribution in [0.5, 0.6) is 0 Å². The van der Waals surface area contributed by atoms with Gasteiger partial charge in [0, 0.05) is 12.8 Å². The monoisotopic (exact) mass is 262 g/mol. The molecule has 0 saturated carbocycles. The zero-order valence-electron chi connectivity index (χ0n) is 10.0. The highest BCUT2D eigenvalue weighted by Gasteiger charge is 2.18. The van der Waals surface area contributed by atoms with Gasteiger partial charge in [0.05, 0.1) is 6.61 Å². The van der Waals surface area contributed by atoms with Crippen LogP contribution in [0.3, 0.4) is 0 Å². The Bertz CT molecular complexity index is 287. The minimum atomic E-state index is -1.69. The Hall–Kier alpha value is -1.47. The first-order valence-corrected chi connectivity index (χ1v) is 5.72. The van der Waals surface area contributed by atoms with Crippen molar-refractivity contribution in [2.45, 2.75) is 44.6 Å². The van der Waals surface area contributed by atoms with Gasteiger partial charge in [-0.05, 0) is 12.8 Å². The average molecular weight is 262 g/mol. The first-order chi connectivity index (χ1) is 8.47. The summed E-state index contributed by atoms with van der Waals surface area (Å²) in [4.78, 5) is 32.2. The minimum absolute atomic E-state index is 0.0248. The van der Waals surface area contributed by atoms with Crippen LogP contribution in [0.1, 0.15) is 38.5 Å². The molecule has 0 aliphatic carbocycles. The van der Waals surface area contributed by atoms with Crippen LogP contribution in [-0.4, -0.2) is 45.9 Å². The molecule has 3 N–H and O–H groups in total. The van der Waals surface area contributed by atoms with E-state index < -0.39 is 30.6 Å². The number of carboxylic acid groups (broad SMARTS) is 1. The molecule has 0 aromatic carbocycles. The highest BCUT2D eigenvalue weighted by atomic mass is 16.6. The predicted octanol–water partition coefficient (Wildman–Crippen LogP) is -0.165. The molecule has 0 fully saturated rings. The van der Waals surface area contributed by atoms with Crippen molar-refractivity contribution < 1.29 is 34.4 Å².